The molecule has 6 atom stereocenters. The van der Waals surface area contributed by atoms with Gasteiger partial charge in [0.05, 0.1) is 41.7 Å². The van der Waals surface area contributed by atoms with E-state index in [4.69, 9.17) is 25.8 Å². The van der Waals surface area contributed by atoms with Crippen molar-refractivity contribution in [3.8, 4) is 17.3 Å². The van der Waals surface area contributed by atoms with Gasteiger partial charge in [-0.2, -0.15) is 4.98 Å². The van der Waals surface area contributed by atoms with Crippen molar-refractivity contribution < 1.29 is 29.5 Å². The van der Waals surface area contributed by atoms with Gasteiger partial charge in [-0.1, -0.05) is 23.7 Å². The summed E-state index contributed by atoms with van der Waals surface area (Å²) >= 11 is 6.52. The van der Waals surface area contributed by atoms with Crippen molar-refractivity contribution in [2.75, 3.05) is 31.2 Å². The summed E-state index contributed by atoms with van der Waals surface area (Å²) in [6.07, 6.45) is -3.23. The van der Waals surface area contributed by atoms with Crippen LogP contribution in [0.4, 0.5) is 5.69 Å². The van der Waals surface area contributed by atoms with Gasteiger partial charge in [0.1, 0.15) is 18.3 Å². The maximum Gasteiger partial charge on any atom is 0.296 e. The minimum absolute atomic E-state index is 0.230. The highest BCUT2D eigenvalue weighted by Gasteiger charge is 2.48. The Morgan fingerprint density at radius 3 is 2.45 bits per heavy atom. The number of aliphatic hydroxyl groups excluding tert-OH is 3. The van der Waals surface area contributed by atoms with Crippen molar-refractivity contribution in [3.63, 3.8) is 0 Å². The predicted molar refractivity (Wildman–Crippen MR) is 118 cm³/mol. The third-order valence-corrected chi connectivity index (χ3v) is 6.70. The summed E-state index contributed by atoms with van der Waals surface area (Å²) in [5, 5.41) is 29.9. The number of hydrogen-bond donors (Lipinski definition) is 4. The van der Waals surface area contributed by atoms with E-state index in [9.17, 15) is 15.3 Å². The van der Waals surface area contributed by atoms with E-state index < -0.39 is 18.3 Å². The van der Waals surface area contributed by atoms with Crippen LogP contribution in [0.1, 0.15) is 0 Å². The van der Waals surface area contributed by atoms with E-state index in [1.54, 1.807) is 6.07 Å². The van der Waals surface area contributed by atoms with E-state index in [-0.39, 0.29) is 30.9 Å². The minimum atomic E-state index is -0.744. The Bertz CT molecular complexity index is 1160. The van der Waals surface area contributed by atoms with Gasteiger partial charge in [0, 0.05) is 24.3 Å². The largest absolute Gasteiger partial charge is 0.456 e. The van der Waals surface area contributed by atoms with Crippen LogP contribution in [0.15, 0.2) is 30.3 Å². The average molecular weight is 475 g/mol. The van der Waals surface area contributed by atoms with Gasteiger partial charge in [-0.05, 0) is 18.2 Å². The molecule has 3 aliphatic rings. The highest BCUT2D eigenvalue weighted by Crippen LogP contribution is 2.33. The lowest BCUT2D eigenvalue weighted by atomic mass is 10.1. The normalized spacial score (nSPS) is 31.5. The third kappa shape index (κ3) is 3.72. The summed E-state index contributed by atoms with van der Waals surface area (Å²) < 4.78 is 17.1. The quantitative estimate of drug-likeness (QED) is 0.431. The molecule has 6 rings (SSSR count). The lowest BCUT2D eigenvalue weighted by Crippen LogP contribution is -2.34. The Balaban J connectivity index is 1.22. The Morgan fingerprint density at radius 1 is 0.970 bits per heavy atom. The summed E-state index contributed by atoms with van der Waals surface area (Å²) in [6, 6.07) is 9.66. The molecule has 0 saturated carbocycles. The number of aromatic amines is 1. The van der Waals surface area contributed by atoms with Crippen LogP contribution < -0.4 is 9.64 Å². The molecule has 10 nitrogen and oxygen atoms in total. The molecular formula is C22H23ClN4O6. The number of anilines is 1. The third-order valence-electron chi connectivity index (χ3n) is 6.41. The Kier molecular flexibility index (Phi) is 5.17. The van der Waals surface area contributed by atoms with Gasteiger partial charge >= 0.3 is 0 Å². The van der Waals surface area contributed by atoms with Crippen molar-refractivity contribution in [1.29, 1.82) is 0 Å². The van der Waals surface area contributed by atoms with Crippen molar-refractivity contribution in [2.45, 2.75) is 36.6 Å². The highest BCUT2D eigenvalue weighted by molar-refractivity contribution is 6.33. The zero-order valence-electron chi connectivity index (χ0n) is 17.5. The number of β-amino-alcohol motifs (C(OH)–C–C–N with tert-alkyl or cyclic N) is 2. The van der Waals surface area contributed by atoms with Crippen LogP contribution in [0.3, 0.4) is 0 Å². The van der Waals surface area contributed by atoms with Crippen LogP contribution in [-0.2, 0) is 9.47 Å². The molecule has 2 unspecified atom stereocenters. The van der Waals surface area contributed by atoms with Crippen LogP contribution in [0.2, 0.25) is 5.02 Å². The fourth-order valence-electron chi connectivity index (χ4n) is 4.65. The molecule has 33 heavy (non-hydrogen) atoms. The number of nitrogens with zero attached hydrogens (tertiary/aromatic N) is 3. The molecule has 3 saturated heterocycles. The number of halogens is 1. The van der Waals surface area contributed by atoms with E-state index in [2.05, 4.69) is 15.0 Å². The van der Waals surface area contributed by atoms with Gasteiger partial charge in [-0.3, -0.25) is 0 Å². The number of hydrogen-bond acceptors (Lipinski definition) is 9. The van der Waals surface area contributed by atoms with Crippen molar-refractivity contribution >= 4 is 28.5 Å². The standard InChI is InChI=1S/C22H23ClN4O6/c23-12-5-13-21(26-22(24-13)33-17-9-32-19-16(30)8-31-20(17)19)25-18(12)10-1-3-11(4-2-10)27-6-14(28)15(29)7-27/h1-5,14-17,19-20,28-30H,6-9H2,(H,24,25,26)/t14-,15+,16-,17-,19?,20?/m1/s1. The molecule has 3 aromatic rings. The number of aromatic nitrogens is 3. The fraction of sp³-hybridized carbons (Fsp3) is 0.455. The first-order valence-electron chi connectivity index (χ1n) is 10.8. The molecule has 1 aromatic carbocycles. The molecule has 3 aliphatic heterocycles. The van der Waals surface area contributed by atoms with E-state index in [0.29, 0.717) is 41.6 Å². The molecule has 0 spiro atoms. The van der Waals surface area contributed by atoms with E-state index in [0.717, 1.165) is 11.3 Å². The predicted octanol–water partition coefficient (Wildman–Crippen LogP) is 0.726. The second-order valence-electron chi connectivity index (χ2n) is 8.64. The van der Waals surface area contributed by atoms with Gasteiger partial charge in [0.25, 0.3) is 6.01 Å². The topological polar surface area (TPSA) is 133 Å². The van der Waals surface area contributed by atoms with Crippen LogP contribution in [-0.4, -0.2) is 93.2 Å². The number of H-pyrrole nitrogens is 1. The molecule has 0 aliphatic carbocycles. The van der Waals surface area contributed by atoms with Crippen LogP contribution in [0.5, 0.6) is 6.01 Å². The van der Waals surface area contributed by atoms with Gasteiger partial charge in [-0.15, -0.1) is 0 Å². The first-order chi connectivity index (χ1) is 16.0. The second-order valence-corrected chi connectivity index (χ2v) is 9.05. The fourth-order valence-corrected chi connectivity index (χ4v) is 4.91. The molecule has 0 amide bonds. The maximum absolute atomic E-state index is 9.89. The molecule has 4 N–H and O–H groups in total. The average Bonchev–Trinajstić information content (AvgIpc) is 3.55. The van der Waals surface area contributed by atoms with Gasteiger partial charge < -0.3 is 39.4 Å². The maximum atomic E-state index is 9.89. The highest BCUT2D eigenvalue weighted by atomic mass is 35.5. The summed E-state index contributed by atoms with van der Waals surface area (Å²) in [6.45, 7) is 1.31. The second kappa shape index (κ2) is 8.08. The molecule has 11 heteroatoms. The number of imidazole rings is 1. The Labute approximate surface area is 193 Å². The van der Waals surface area contributed by atoms with E-state index in [1.807, 2.05) is 29.2 Å². The summed E-state index contributed by atoms with van der Waals surface area (Å²) in [7, 11) is 0. The van der Waals surface area contributed by atoms with Crippen molar-refractivity contribution in [3.05, 3.63) is 35.4 Å². The number of rotatable bonds is 4. The van der Waals surface area contributed by atoms with E-state index >= 15 is 0 Å². The first-order valence-corrected chi connectivity index (χ1v) is 11.2. The zero-order chi connectivity index (χ0) is 22.7. The van der Waals surface area contributed by atoms with Crippen LogP contribution in [0, 0.1) is 0 Å². The summed E-state index contributed by atoms with van der Waals surface area (Å²) in [4.78, 5) is 14.1. The smallest absolute Gasteiger partial charge is 0.296 e. The number of ether oxygens (including phenoxy) is 3. The Hall–Kier alpha value is -2.47. The SMILES string of the molecule is O[C@@H]1COC2C1OC[C@H]2Oc1nc2nc(-c3ccc(N4C[C@@H](O)[C@@H](O)C4)cc3)c(Cl)cc2[nH]1. The molecule has 2 aromatic heterocycles. The summed E-state index contributed by atoms with van der Waals surface area (Å²) in [5.41, 5.74) is 3.40. The number of nitrogens with one attached hydrogen (secondary N) is 1. The van der Waals surface area contributed by atoms with Gasteiger partial charge in [0.2, 0.25) is 0 Å². The molecule has 0 radical (unpaired) electrons. The summed E-state index contributed by atoms with van der Waals surface area (Å²) in [5.74, 6) is 0. The van der Waals surface area contributed by atoms with Crippen LogP contribution in [0.25, 0.3) is 22.4 Å². The van der Waals surface area contributed by atoms with Crippen molar-refractivity contribution in [2.24, 2.45) is 0 Å². The number of benzene rings is 1. The number of fused-ring (bicyclic) bond motifs is 2. The van der Waals surface area contributed by atoms with Crippen LogP contribution >= 0.6 is 11.6 Å². The molecule has 3 fully saturated rings. The molecular weight excluding hydrogens is 452 g/mol. The zero-order valence-corrected chi connectivity index (χ0v) is 18.2. The van der Waals surface area contributed by atoms with Gasteiger partial charge in [0.15, 0.2) is 11.8 Å². The lowest BCUT2D eigenvalue weighted by Gasteiger charge is -2.18. The Morgan fingerprint density at radius 2 is 1.70 bits per heavy atom. The van der Waals surface area contributed by atoms with Crippen molar-refractivity contribution in [1.82, 2.24) is 15.0 Å². The molecule has 174 valence electrons. The first kappa shape index (κ1) is 21.1. The molecule has 0 bridgehead atoms. The molecule has 5 heterocycles. The van der Waals surface area contributed by atoms with Gasteiger partial charge in [-0.25, -0.2) is 4.98 Å². The van der Waals surface area contributed by atoms with E-state index in [1.165, 1.54) is 0 Å². The monoisotopic (exact) mass is 474 g/mol. The number of pyridine rings is 1. The number of aliphatic hydroxyl groups is 3. The lowest BCUT2D eigenvalue weighted by molar-refractivity contribution is 0.00706. The minimum Gasteiger partial charge on any atom is -0.456 e.